The quantitative estimate of drug-likeness (QED) is 0.461. The normalized spacial score (nSPS) is 11.1. The van der Waals surface area contributed by atoms with Gasteiger partial charge < -0.3 is 14.5 Å². The molecule has 5 rings (SSSR count). The third kappa shape index (κ3) is 3.13. The Balaban J connectivity index is 1.74. The molecule has 32 heavy (non-hydrogen) atoms. The van der Waals surface area contributed by atoms with Gasteiger partial charge in [-0.3, -0.25) is 4.79 Å². The predicted molar refractivity (Wildman–Crippen MR) is 126 cm³/mol. The molecule has 0 unspecified atom stereocenters. The summed E-state index contributed by atoms with van der Waals surface area (Å²) in [5, 5.41) is 2.21. The third-order valence-corrected chi connectivity index (χ3v) is 5.62. The summed E-state index contributed by atoms with van der Waals surface area (Å²) in [7, 11) is 3.19. The minimum absolute atomic E-state index is 0.371. The second-order valence-corrected chi connectivity index (χ2v) is 7.40. The lowest BCUT2D eigenvalue weighted by molar-refractivity contribution is 0.404. The maximum Gasteiger partial charge on any atom is 0.333 e. The van der Waals surface area contributed by atoms with Crippen LogP contribution >= 0.6 is 0 Å². The van der Waals surface area contributed by atoms with Gasteiger partial charge in [-0.1, -0.05) is 42.5 Å². The molecule has 0 aliphatic rings. The Bertz CT molecular complexity index is 1590. The molecule has 1 aromatic heterocycles. The molecule has 0 saturated heterocycles. The smallest absolute Gasteiger partial charge is 0.333 e. The Morgan fingerprint density at radius 2 is 1.59 bits per heavy atom. The number of aromatic nitrogens is 2. The van der Waals surface area contributed by atoms with E-state index in [1.807, 2.05) is 60.7 Å². The molecule has 0 aliphatic heterocycles. The van der Waals surface area contributed by atoms with Gasteiger partial charge in [0.15, 0.2) is 0 Å². The Hall–Kier alpha value is -4.32. The Morgan fingerprint density at radius 1 is 0.781 bits per heavy atom. The van der Waals surface area contributed by atoms with Gasteiger partial charge in [0.1, 0.15) is 11.5 Å². The summed E-state index contributed by atoms with van der Waals surface area (Å²) in [5.41, 5.74) is 1.74. The Labute approximate surface area is 183 Å². The molecule has 0 atom stereocenters. The lowest BCUT2D eigenvalue weighted by Gasteiger charge is -2.12. The summed E-state index contributed by atoms with van der Waals surface area (Å²) < 4.78 is 12.0. The number of hydrogen-bond donors (Lipinski definition) is 1. The van der Waals surface area contributed by atoms with Gasteiger partial charge in [0.05, 0.1) is 30.8 Å². The van der Waals surface area contributed by atoms with Crippen molar-refractivity contribution in [1.82, 2.24) is 9.55 Å². The van der Waals surface area contributed by atoms with Crippen molar-refractivity contribution in [2.75, 3.05) is 14.2 Å². The zero-order chi connectivity index (χ0) is 22.2. The molecule has 6 nitrogen and oxygen atoms in total. The van der Waals surface area contributed by atoms with Crippen molar-refractivity contribution < 1.29 is 9.47 Å². The second kappa shape index (κ2) is 7.74. The molecule has 158 valence electrons. The van der Waals surface area contributed by atoms with Crippen molar-refractivity contribution >= 4 is 21.7 Å². The number of ether oxygens (including phenoxy) is 2. The van der Waals surface area contributed by atoms with Crippen LogP contribution in [-0.2, 0) is 0 Å². The van der Waals surface area contributed by atoms with Crippen LogP contribution in [0.3, 0.4) is 0 Å². The number of benzene rings is 4. The highest BCUT2D eigenvalue weighted by Gasteiger charge is 2.14. The lowest BCUT2D eigenvalue weighted by Crippen LogP contribution is -2.33. The fourth-order valence-electron chi connectivity index (χ4n) is 4.05. The maximum atomic E-state index is 13.4. The molecule has 0 amide bonds. The first-order valence-electron chi connectivity index (χ1n) is 10.1. The number of nitrogens with one attached hydrogen (secondary N) is 1. The molecule has 5 aromatic rings. The van der Waals surface area contributed by atoms with Crippen molar-refractivity contribution in [2.24, 2.45) is 0 Å². The van der Waals surface area contributed by atoms with Crippen LogP contribution in [0.15, 0.2) is 88.5 Å². The largest absolute Gasteiger partial charge is 0.497 e. The number of fused-ring (bicyclic) bond motifs is 2. The SMILES string of the molecule is COc1ccc(OC)c(-c2ccc3c(=O)n(-c4cccc5ccccc45)c(=O)[nH]c3c2)c1. The van der Waals surface area contributed by atoms with E-state index in [2.05, 4.69) is 4.98 Å². The molecule has 0 fully saturated rings. The van der Waals surface area contributed by atoms with Crippen LogP contribution in [0.5, 0.6) is 11.5 Å². The van der Waals surface area contributed by atoms with Crippen molar-refractivity contribution in [3.05, 3.63) is 99.7 Å². The van der Waals surface area contributed by atoms with E-state index in [1.165, 1.54) is 4.57 Å². The standard InChI is InChI=1S/C26H20N2O4/c1-31-18-11-13-24(32-2)21(15-18)17-10-12-20-22(14-17)27-26(30)28(25(20)29)23-9-5-7-16-6-3-4-8-19(16)23/h3-15H,1-2H3,(H,27,30). The fraction of sp³-hybridized carbons (Fsp3) is 0.0769. The van der Waals surface area contributed by atoms with E-state index < -0.39 is 5.69 Å². The summed E-state index contributed by atoms with van der Waals surface area (Å²) >= 11 is 0. The predicted octanol–water partition coefficient (Wildman–Crippen LogP) is 4.52. The van der Waals surface area contributed by atoms with E-state index in [1.54, 1.807) is 32.4 Å². The minimum atomic E-state index is -0.492. The van der Waals surface area contributed by atoms with Gasteiger partial charge in [-0.15, -0.1) is 0 Å². The zero-order valence-electron chi connectivity index (χ0n) is 17.6. The van der Waals surface area contributed by atoms with Gasteiger partial charge in [0.2, 0.25) is 0 Å². The fourth-order valence-corrected chi connectivity index (χ4v) is 4.05. The number of nitrogens with zero attached hydrogens (tertiary/aromatic N) is 1. The van der Waals surface area contributed by atoms with Crippen molar-refractivity contribution in [2.45, 2.75) is 0 Å². The molecular weight excluding hydrogens is 404 g/mol. The third-order valence-electron chi connectivity index (χ3n) is 5.62. The van der Waals surface area contributed by atoms with Gasteiger partial charge in [-0.2, -0.15) is 0 Å². The van der Waals surface area contributed by atoms with Crippen molar-refractivity contribution in [3.63, 3.8) is 0 Å². The van der Waals surface area contributed by atoms with Gasteiger partial charge >= 0.3 is 5.69 Å². The highest BCUT2D eigenvalue weighted by molar-refractivity contribution is 5.91. The summed E-state index contributed by atoms with van der Waals surface area (Å²) in [6.07, 6.45) is 0. The molecule has 6 heteroatoms. The molecule has 0 spiro atoms. The van der Waals surface area contributed by atoms with Crippen LogP contribution in [0, 0.1) is 0 Å². The summed E-state index contributed by atoms with van der Waals surface area (Å²) in [5.74, 6) is 1.34. The van der Waals surface area contributed by atoms with Crippen LogP contribution in [0.25, 0.3) is 38.5 Å². The highest BCUT2D eigenvalue weighted by atomic mass is 16.5. The van der Waals surface area contributed by atoms with Crippen LogP contribution in [0.1, 0.15) is 0 Å². The van der Waals surface area contributed by atoms with E-state index in [0.29, 0.717) is 28.1 Å². The number of H-pyrrole nitrogens is 1. The van der Waals surface area contributed by atoms with Crippen LogP contribution < -0.4 is 20.7 Å². The van der Waals surface area contributed by atoms with Crippen molar-refractivity contribution in [1.29, 1.82) is 0 Å². The molecule has 1 heterocycles. The topological polar surface area (TPSA) is 73.3 Å². The minimum Gasteiger partial charge on any atom is -0.497 e. The number of hydrogen-bond acceptors (Lipinski definition) is 4. The van der Waals surface area contributed by atoms with E-state index in [4.69, 9.17) is 9.47 Å². The summed E-state index contributed by atoms with van der Waals surface area (Å²) in [4.78, 5) is 29.3. The Kier molecular flexibility index (Phi) is 4.75. The van der Waals surface area contributed by atoms with E-state index in [9.17, 15) is 9.59 Å². The monoisotopic (exact) mass is 424 g/mol. The van der Waals surface area contributed by atoms with Crippen LogP contribution in [-0.4, -0.2) is 23.8 Å². The van der Waals surface area contributed by atoms with E-state index in [0.717, 1.165) is 21.9 Å². The second-order valence-electron chi connectivity index (χ2n) is 7.40. The molecule has 1 N–H and O–H groups in total. The van der Waals surface area contributed by atoms with Gasteiger partial charge in [-0.25, -0.2) is 9.36 Å². The average Bonchev–Trinajstić information content (AvgIpc) is 2.83. The molecule has 0 saturated carbocycles. The first-order chi connectivity index (χ1) is 15.6. The first kappa shape index (κ1) is 19.6. The van der Waals surface area contributed by atoms with Crippen LogP contribution in [0.2, 0.25) is 0 Å². The number of rotatable bonds is 4. The summed E-state index contributed by atoms with van der Waals surface area (Å²) in [6.45, 7) is 0. The van der Waals surface area contributed by atoms with Gasteiger partial charge in [0.25, 0.3) is 5.56 Å². The molecular formula is C26H20N2O4. The van der Waals surface area contributed by atoms with E-state index >= 15 is 0 Å². The van der Waals surface area contributed by atoms with E-state index in [-0.39, 0.29) is 5.56 Å². The zero-order valence-corrected chi connectivity index (χ0v) is 17.6. The lowest BCUT2D eigenvalue weighted by atomic mass is 10.0. The maximum absolute atomic E-state index is 13.4. The first-order valence-corrected chi connectivity index (χ1v) is 10.1. The van der Waals surface area contributed by atoms with Crippen molar-refractivity contribution in [3.8, 4) is 28.3 Å². The Morgan fingerprint density at radius 3 is 2.41 bits per heavy atom. The molecule has 4 aromatic carbocycles. The number of methoxy groups -OCH3 is 2. The highest BCUT2D eigenvalue weighted by Crippen LogP contribution is 2.34. The molecule has 0 radical (unpaired) electrons. The van der Waals surface area contributed by atoms with Gasteiger partial charge in [-0.05, 0) is 47.3 Å². The van der Waals surface area contributed by atoms with Crippen LogP contribution in [0.4, 0.5) is 0 Å². The average molecular weight is 424 g/mol. The molecule has 0 aliphatic carbocycles. The summed E-state index contributed by atoms with van der Waals surface area (Å²) in [6, 6.07) is 24.1. The molecule has 0 bridgehead atoms. The van der Waals surface area contributed by atoms with Gasteiger partial charge in [0, 0.05) is 10.9 Å². The number of aromatic amines is 1.